The predicted octanol–water partition coefficient (Wildman–Crippen LogP) is 6.82. The zero-order valence-electron chi connectivity index (χ0n) is 15.5. The molecule has 0 aliphatic rings. The number of fused-ring (bicyclic) bond motifs is 1. The molecule has 150 valence electrons. The molecule has 0 aliphatic carbocycles. The Morgan fingerprint density at radius 1 is 0.967 bits per heavy atom. The van der Waals surface area contributed by atoms with Gasteiger partial charge in [0.2, 0.25) is 5.88 Å². The zero-order valence-corrected chi connectivity index (χ0v) is 17.0. The van der Waals surface area contributed by atoms with Crippen LogP contribution in [-0.2, 0) is 6.54 Å². The quantitative estimate of drug-likeness (QED) is 0.334. The molecule has 30 heavy (non-hydrogen) atoms. The fourth-order valence-electron chi connectivity index (χ4n) is 3.20. The second-order valence-corrected chi connectivity index (χ2v) is 7.38. The molecule has 0 amide bonds. The largest absolute Gasteiger partial charge is 0.493 e. The van der Waals surface area contributed by atoms with Crippen LogP contribution >= 0.6 is 23.2 Å². The van der Waals surface area contributed by atoms with Crippen molar-refractivity contribution >= 4 is 51.4 Å². The summed E-state index contributed by atoms with van der Waals surface area (Å²) in [6.45, 7) is 0.295. The lowest BCUT2D eigenvalue weighted by molar-refractivity contribution is 0.0697. The van der Waals surface area contributed by atoms with Crippen LogP contribution in [0.15, 0.2) is 77.0 Å². The van der Waals surface area contributed by atoms with E-state index >= 15 is 0 Å². The van der Waals surface area contributed by atoms with Crippen LogP contribution in [0.5, 0.6) is 5.88 Å². The molecule has 0 fully saturated rings. The Hall–Kier alpha value is -3.35. The van der Waals surface area contributed by atoms with Crippen LogP contribution in [0.1, 0.15) is 15.9 Å². The summed E-state index contributed by atoms with van der Waals surface area (Å²) in [7, 11) is 0. The van der Waals surface area contributed by atoms with Crippen molar-refractivity contribution in [1.82, 2.24) is 4.57 Å². The van der Waals surface area contributed by atoms with Crippen LogP contribution in [0.4, 0.5) is 11.4 Å². The summed E-state index contributed by atoms with van der Waals surface area (Å²) in [6.07, 6.45) is 0. The monoisotopic (exact) mass is 439 g/mol. The topological polar surface area (TPSA) is 87.2 Å². The maximum Gasteiger partial charge on any atom is 0.337 e. The molecular weight excluding hydrogens is 425 g/mol. The maximum absolute atomic E-state index is 11.4. The summed E-state index contributed by atoms with van der Waals surface area (Å²) in [6, 6.07) is 18.8. The number of para-hydroxylation sites is 1. The van der Waals surface area contributed by atoms with Gasteiger partial charge in [-0.3, -0.25) is 0 Å². The van der Waals surface area contributed by atoms with E-state index in [0.29, 0.717) is 22.0 Å². The molecule has 4 rings (SSSR count). The lowest BCUT2D eigenvalue weighted by atomic mass is 10.2. The van der Waals surface area contributed by atoms with Crippen molar-refractivity contribution in [2.75, 3.05) is 0 Å². The van der Waals surface area contributed by atoms with Gasteiger partial charge in [-0.2, -0.15) is 0 Å². The van der Waals surface area contributed by atoms with Crippen molar-refractivity contribution < 1.29 is 15.0 Å². The number of nitrogens with zero attached hydrogens (tertiary/aromatic N) is 3. The number of hydrogen-bond donors (Lipinski definition) is 2. The molecule has 1 heterocycles. The average molecular weight is 440 g/mol. The summed E-state index contributed by atoms with van der Waals surface area (Å²) >= 11 is 12.3. The van der Waals surface area contributed by atoms with Crippen molar-refractivity contribution in [3.63, 3.8) is 0 Å². The van der Waals surface area contributed by atoms with Gasteiger partial charge in [0.25, 0.3) is 0 Å². The summed E-state index contributed by atoms with van der Waals surface area (Å²) in [5.74, 6) is -1.20. The molecular formula is C22H15Cl2N3O3. The van der Waals surface area contributed by atoms with E-state index in [0.717, 1.165) is 11.1 Å². The van der Waals surface area contributed by atoms with Crippen molar-refractivity contribution in [3.05, 3.63) is 87.9 Å². The van der Waals surface area contributed by atoms with Gasteiger partial charge in [-0.05, 0) is 35.9 Å². The van der Waals surface area contributed by atoms with Gasteiger partial charge in [-0.1, -0.05) is 59.6 Å². The highest BCUT2D eigenvalue weighted by molar-refractivity contribution is 6.35. The molecule has 0 radical (unpaired) electrons. The number of carboxylic acids is 1. The molecule has 0 bridgehead atoms. The minimum atomic E-state index is -1.10. The van der Waals surface area contributed by atoms with Gasteiger partial charge < -0.3 is 14.8 Å². The molecule has 2 N–H and O–H groups in total. The number of benzene rings is 3. The van der Waals surface area contributed by atoms with E-state index in [4.69, 9.17) is 23.2 Å². The summed E-state index contributed by atoms with van der Waals surface area (Å²) < 4.78 is 1.67. The van der Waals surface area contributed by atoms with Gasteiger partial charge in [-0.25, -0.2) is 4.79 Å². The predicted molar refractivity (Wildman–Crippen MR) is 117 cm³/mol. The Bertz CT molecular complexity index is 1300. The number of azo groups is 1. The van der Waals surface area contributed by atoms with Crippen LogP contribution < -0.4 is 0 Å². The molecule has 0 aliphatic heterocycles. The lowest BCUT2D eigenvalue weighted by Gasteiger charge is -2.09. The van der Waals surface area contributed by atoms with Crippen LogP contribution in [0, 0.1) is 0 Å². The van der Waals surface area contributed by atoms with Gasteiger partial charge in [0.05, 0.1) is 17.6 Å². The van der Waals surface area contributed by atoms with E-state index in [-0.39, 0.29) is 22.8 Å². The second kappa shape index (κ2) is 8.18. The molecule has 0 saturated heterocycles. The fraction of sp³-hybridized carbons (Fsp3) is 0.0455. The number of halogens is 2. The lowest BCUT2D eigenvalue weighted by Crippen LogP contribution is -1.99. The Balaban J connectivity index is 1.81. The third-order valence-electron chi connectivity index (χ3n) is 4.65. The van der Waals surface area contributed by atoms with Crippen LogP contribution in [0.2, 0.25) is 10.0 Å². The number of carbonyl (C=O) groups is 1. The minimum absolute atomic E-state index is 0.0254. The van der Waals surface area contributed by atoms with E-state index in [1.165, 1.54) is 6.07 Å². The minimum Gasteiger partial charge on any atom is -0.493 e. The first-order valence-corrected chi connectivity index (χ1v) is 9.69. The van der Waals surface area contributed by atoms with Crippen molar-refractivity contribution in [2.24, 2.45) is 10.2 Å². The van der Waals surface area contributed by atoms with Gasteiger partial charge >= 0.3 is 5.97 Å². The third kappa shape index (κ3) is 3.75. The first kappa shape index (κ1) is 19.9. The normalized spacial score (nSPS) is 11.4. The summed E-state index contributed by atoms with van der Waals surface area (Å²) in [5, 5.41) is 30.2. The number of rotatable bonds is 5. The SMILES string of the molecule is O=C(O)c1ccccc1N=Nc1c(O)n(Cc2ccc(Cl)cc2Cl)c2ccccc12. The van der Waals surface area contributed by atoms with Crippen LogP contribution in [0.25, 0.3) is 10.9 Å². The van der Waals surface area contributed by atoms with Gasteiger partial charge in [0, 0.05) is 15.4 Å². The van der Waals surface area contributed by atoms with Gasteiger partial charge in [-0.15, -0.1) is 10.2 Å². The molecule has 0 saturated carbocycles. The Morgan fingerprint density at radius 2 is 1.70 bits per heavy atom. The third-order valence-corrected chi connectivity index (χ3v) is 5.24. The average Bonchev–Trinajstić information content (AvgIpc) is 2.99. The van der Waals surface area contributed by atoms with Crippen LogP contribution in [-0.4, -0.2) is 20.7 Å². The van der Waals surface area contributed by atoms with Crippen molar-refractivity contribution in [1.29, 1.82) is 0 Å². The number of carboxylic acid groups (broad SMARTS) is 1. The van der Waals surface area contributed by atoms with Crippen molar-refractivity contribution in [3.8, 4) is 5.88 Å². The number of aromatic hydroxyl groups is 1. The molecule has 6 nitrogen and oxygen atoms in total. The Morgan fingerprint density at radius 3 is 2.47 bits per heavy atom. The number of aromatic nitrogens is 1. The molecule has 1 aromatic heterocycles. The van der Waals surface area contributed by atoms with Gasteiger partial charge in [0.1, 0.15) is 5.69 Å². The highest BCUT2D eigenvalue weighted by Gasteiger charge is 2.18. The van der Waals surface area contributed by atoms with Crippen LogP contribution in [0.3, 0.4) is 0 Å². The Labute approximate surface area is 181 Å². The molecule has 8 heteroatoms. The van der Waals surface area contributed by atoms with E-state index in [2.05, 4.69) is 10.2 Å². The molecule has 0 spiro atoms. The smallest absolute Gasteiger partial charge is 0.337 e. The van der Waals surface area contributed by atoms with E-state index < -0.39 is 5.97 Å². The van der Waals surface area contributed by atoms with E-state index in [1.807, 2.05) is 24.3 Å². The highest BCUT2D eigenvalue weighted by atomic mass is 35.5. The molecule has 0 unspecified atom stereocenters. The first-order valence-electron chi connectivity index (χ1n) is 8.94. The van der Waals surface area contributed by atoms with Gasteiger partial charge in [0.15, 0.2) is 5.69 Å². The summed E-state index contributed by atoms with van der Waals surface area (Å²) in [4.78, 5) is 11.4. The maximum atomic E-state index is 11.4. The number of aromatic carboxylic acids is 1. The molecule has 0 atom stereocenters. The second-order valence-electron chi connectivity index (χ2n) is 6.53. The molecule has 4 aromatic rings. The molecule has 3 aromatic carbocycles. The first-order chi connectivity index (χ1) is 14.5. The van der Waals surface area contributed by atoms with E-state index in [1.54, 1.807) is 41.0 Å². The summed E-state index contributed by atoms with van der Waals surface area (Å²) in [5.41, 5.74) is 1.98. The van der Waals surface area contributed by atoms with Crippen molar-refractivity contribution in [2.45, 2.75) is 6.54 Å². The standard InChI is InChI=1S/C22H15Cl2N3O3/c23-14-10-9-13(17(24)11-14)12-27-19-8-4-2-6-16(19)20(21(27)28)26-25-18-7-3-1-5-15(18)22(29)30/h1-11,28H,12H2,(H,29,30). The fourth-order valence-corrected chi connectivity index (χ4v) is 3.66. The highest BCUT2D eigenvalue weighted by Crippen LogP contribution is 2.40. The van der Waals surface area contributed by atoms with E-state index in [9.17, 15) is 15.0 Å². The number of hydrogen-bond acceptors (Lipinski definition) is 4. The zero-order chi connectivity index (χ0) is 21.3. The Kier molecular flexibility index (Phi) is 5.44.